The van der Waals surface area contributed by atoms with Gasteiger partial charge in [0.05, 0.1) is 0 Å². The lowest BCUT2D eigenvalue weighted by Gasteiger charge is -2.16. The molecule has 1 aromatic carbocycles. The van der Waals surface area contributed by atoms with E-state index >= 15 is 0 Å². The Bertz CT molecular complexity index is 1350. The number of carbonyl (C=O) groups excluding carboxylic acids is 1. The normalized spacial score (nSPS) is 13.3. The van der Waals surface area contributed by atoms with Gasteiger partial charge in [-0.15, -0.1) is 0 Å². The van der Waals surface area contributed by atoms with Crippen molar-refractivity contribution in [2.24, 2.45) is 0 Å². The van der Waals surface area contributed by atoms with Gasteiger partial charge in [-0.2, -0.15) is 0 Å². The molecule has 3 N–H and O–H groups in total. The topological polar surface area (TPSA) is 78.9 Å². The number of aromatic nitrogens is 2. The van der Waals surface area contributed by atoms with Gasteiger partial charge in [0.2, 0.25) is 0 Å². The second-order valence-corrected chi connectivity index (χ2v) is 9.38. The van der Waals surface area contributed by atoms with Gasteiger partial charge in [0.15, 0.2) is 0 Å². The Hall–Kier alpha value is -3.54. The number of fused-ring (bicyclic) bond motifs is 1. The zero-order valence-electron chi connectivity index (χ0n) is 20.7. The summed E-state index contributed by atoms with van der Waals surface area (Å²) in [6, 6.07) is 6.43. The molecule has 1 aliphatic heterocycles. The third-order valence-electron chi connectivity index (χ3n) is 6.41. The number of pyridine rings is 1. The monoisotopic (exact) mass is 458 g/mol. The van der Waals surface area contributed by atoms with E-state index in [2.05, 4.69) is 59.3 Å². The van der Waals surface area contributed by atoms with Crippen molar-refractivity contribution >= 4 is 22.4 Å². The molecule has 0 spiro atoms. The van der Waals surface area contributed by atoms with Crippen LogP contribution in [0.4, 0.5) is 0 Å². The zero-order chi connectivity index (χ0) is 24.4. The van der Waals surface area contributed by atoms with Crippen LogP contribution in [-0.4, -0.2) is 22.0 Å². The predicted octanol–water partition coefficient (Wildman–Crippen LogP) is 4.91. The molecular weight excluding hydrogens is 424 g/mol. The molecule has 2 aromatic heterocycles. The van der Waals surface area contributed by atoms with Crippen LogP contribution < -0.4 is 16.2 Å². The number of nitrogens with zero attached hydrogens (tertiary/aromatic N) is 1. The maximum absolute atomic E-state index is 13.6. The summed E-state index contributed by atoms with van der Waals surface area (Å²) in [6.07, 6.45) is 9.84. The van der Waals surface area contributed by atoms with Crippen molar-refractivity contribution in [1.29, 1.82) is 0 Å². The molecular formula is C28H34N4O2. The van der Waals surface area contributed by atoms with Gasteiger partial charge in [-0.3, -0.25) is 9.59 Å². The Kier molecular flexibility index (Phi) is 6.77. The van der Waals surface area contributed by atoms with E-state index < -0.39 is 0 Å². The van der Waals surface area contributed by atoms with Gasteiger partial charge < -0.3 is 20.2 Å². The Morgan fingerprint density at radius 2 is 2.00 bits per heavy atom. The van der Waals surface area contributed by atoms with Gasteiger partial charge in [0, 0.05) is 53.1 Å². The molecule has 0 saturated carbocycles. The highest BCUT2D eigenvalue weighted by molar-refractivity contribution is 6.09. The van der Waals surface area contributed by atoms with E-state index in [1.807, 2.05) is 38.3 Å². The molecule has 3 aromatic rings. The van der Waals surface area contributed by atoms with Gasteiger partial charge in [-0.25, -0.2) is 0 Å². The molecule has 4 rings (SSSR count). The van der Waals surface area contributed by atoms with E-state index in [0.29, 0.717) is 17.7 Å². The number of dihydropyridines is 1. The van der Waals surface area contributed by atoms with Crippen molar-refractivity contribution in [3.05, 3.63) is 86.6 Å². The smallest absolute Gasteiger partial charge is 0.253 e. The Labute approximate surface area is 200 Å². The molecule has 178 valence electrons. The van der Waals surface area contributed by atoms with Crippen LogP contribution >= 0.6 is 0 Å². The number of carbonyl (C=O) groups is 1. The highest BCUT2D eigenvalue weighted by Gasteiger charge is 2.20. The fourth-order valence-electron chi connectivity index (χ4n) is 4.77. The lowest BCUT2D eigenvalue weighted by molar-refractivity contribution is 0.0952. The first-order valence-electron chi connectivity index (χ1n) is 12.0. The van der Waals surface area contributed by atoms with E-state index in [4.69, 9.17) is 0 Å². The first-order chi connectivity index (χ1) is 16.3. The van der Waals surface area contributed by atoms with E-state index in [1.54, 1.807) is 0 Å². The Morgan fingerprint density at radius 1 is 1.21 bits per heavy atom. The molecule has 0 bridgehead atoms. The average Bonchev–Trinajstić information content (AvgIpc) is 3.15. The lowest BCUT2D eigenvalue weighted by Crippen LogP contribution is -2.28. The summed E-state index contributed by atoms with van der Waals surface area (Å²) in [4.78, 5) is 29.1. The summed E-state index contributed by atoms with van der Waals surface area (Å²) in [6.45, 7) is 11.2. The Morgan fingerprint density at radius 3 is 2.68 bits per heavy atom. The molecule has 6 heteroatoms. The number of aromatic amines is 1. The zero-order valence-corrected chi connectivity index (χ0v) is 20.7. The lowest BCUT2D eigenvalue weighted by atomic mass is 9.97. The third-order valence-corrected chi connectivity index (χ3v) is 6.41. The molecule has 0 atom stereocenters. The molecule has 0 unspecified atom stereocenters. The molecule has 0 saturated heterocycles. The van der Waals surface area contributed by atoms with Crippen LogP contribution in [0, 0.1) is 13.8 Å². The van der Waals surface area contributed by atoms with Crippen LogP contribution in [0.3, 0.4) is 0 Å². The van der Waals surface area contributed by atoms with Gasteiger partial charge in [0.25, 0.3) is 11.5 Å². The quantitative estimate of drug-likeness (QED) is 0.471. The summed E-state index contributed by atoms with van der Waals surface area (Å²) in [5.41, 5.74) is 7.25. The maximum atomic E-state index is 13.6. The number of rotatable bonds is 7. The summed E-state index contributed by atoms with van der Waals surface area (Å²) in [7, 11) is 0. The van der Waals surface area contributed by atoms with Crippen LogP contribution in [0.5, 0.6) is 0 Å². The molecule has 34 heavy (non-hydrogen) atoms. The minimum absolute atomic E-state index is 0.130. The number of amides is 1. The molecule has 1 amide bonds. The van der Waals surface area contributed by atoms with Gasteiger partial charge in [-0.05, 0) is 86.9 Å². The molecule has 3 heterocycles. The van der Waals surface area contributed by atoms with Crippen LogP contribution in [0.25, 0.3) is 16.5 Å². The van der Waals surface area contributed by atoms with Crippen molar-refractivity contribution in [2.75, 3.05) is 6.54 Å². The predicted molar refractivity (Wildman–Crippen MR) is 139 cm³/mol. The highest BCUT2D eigenvalue weighted by Crippen LogP contribution is 2.31. The number of aryl methyl sites for hydroxylation is 3. The SMILES string of the molecule is CCCc1cc(C)[nH]c(=O)c1CNC(=O)c1cc(C2=CC=CNC2)cc2c1c(C)cn2C(C)C. The second kappa shape index (κ2) is 9.75. The van der Waals surface area contributed by atoms with Crippen LogP contribution in [-0.2, 0) is 13.0 Å². The number of benzene rings is 1. The maximum Gasteiger partial charge on any atom is 0.253 e. The van der Waals surface area contributed by atoms with Crippen molar-refractivity contribution in [3.8, 4) is 0 Å². The number of nitrogens with one attached hydrogen (secondary N) is 3. The first-order valence-corrected chi connectivity index (χ1v) is 12.0. The van der Waals surface area contributed by atoms with Gasteiger partial charge in [0.1, 0.15) is 0 Å². The summed E-state index contributed by atoms with van der Waals surface area (Å²) in [5, 5.41) is 7.26. The summed E-state index contributed by atoms with van der Waals surface area (Å²) < 4.78 is 2.22. The van der Waals surface area contributed by atoms with Crippen LogP contribution in [0.15, 0.2) is 47.5 Å². The molecule has 6 nitrogen and oxygen atoms in total. The van der Waals surface area contributed by atoms with Crippen LogP contribution in [0.2, 0.25) is 0 Å². The minimum Gasteiger partial charge on any atom is -0.387 e. The van der Waals surface area contributed by atoms with Crippen molar-refractivity contribution in [1.82, 2.24) is 20.2 Å². The van der Waals surface area contributed by atoms with E-state index in [9.17, 15) is 9.59 Å². The number of hydrogen-bond acceptors (Lipinski definition) is 3. The van der Waals surface area contributed by atoms with E-state index in [0.717, 1.165) is 51.7 Å². The van der Waals surface area contributed by atoms with Crippen LogP contribution in [0.1, 0.15) is 71.5 Å². The summed E-state index contributed by atoms with van der Waals surface area (Å²) in [5.74, 6) is -0.168. The highest BCUT2D eigenvalue weighted by atomic mass is 16.1. The van der Waals surface area contributed by atoms with Crippen molar-refractivity contribution in [2.45, 2.75) is 60.0 Å². The average molecular weight is 459 g/mol. The van der Waals surface area contributed by atoms with E-state index in [1.165, 1.54) is 0 Å². The van der Waals surface area contributed by atoms with E-state index in [-0.39, 0.29) is 24.1 Å². The van der Waals surface area contributed by atoms with Crippen molar-refractivity contribution < 1.29 is 4.79 Å². The third kappa shape index (κ3) is 4.58. The fourth-order valence-corrected chi connectivity index (χ4v) is 4.77. The van der Waals surface area contributed by atoms with Gasteiger partial charge in [-0.1, -0.05) is 19.4 Å². The number of allylic oxidation sites excluding steroid dienone is 2. The number of H-pyrrole nitrogens is 1. The second-order valence-electron chi connectivity index (χ2n) is 9.38. The fraction of sp³-hybridized carbons (Fsp3) is 0.357. The standard InChI is InChI=1S/C28H34N4O2/c1-6-8-20-11-19(5)31-28(34)24(20)15-30-27(33)23-12-22(21-9-7-10-29-14-21)13-25-26(23)18(4)16-32(25)17(2)3/h7,9-13,16-17,29H,6,8,14-15H2,1-5H3,(H,30,33)(H,31,34). The number of hydrogen-bond donors (Lipinski definition) is 3. The molecule has 1 aliphatic rings. The molecule has 0 aliphatic carbocycles. The largest absolute Gasteiger partial charge is 0.387 e. The molecule has 0 radical (unpaired) electrons. The Balaban J connectivity index is 1.76. The van der Waals surface area contributed by atoms with Gasteiger partial charge >= 0.3 is 0 Å². The summed E-state index contributed by atoms with van der Waals surface area (Å²) >= 11 is 0. The first kappa shape index (κ1) is 23.6. The molecule has 0 fully saturated rings. The minimum atomic E-state index is -0.168. The van der Waals surface area contributed by atoms with Crippen molar-refractivity contribution in [3.63, 3.8) is 0 Å².